The van der Waals surface area contributed by atoms with E-state index >= 15 is 0 Å². The van der Waals surface area contributed by atoms with Crippen LogP contribution in [0, 0.1) is 13.8 Å². The van der Waals surface area contributed by atoms with Gasteiger partial charge in [0.25, 0.3) is 0 Å². The quantitative estimate of drug-likeness (QED) is 0.268. The number of aryl methyl sites for hydroxylation is 2. The molecule has 3 aromatic carbocycles. The number of benzene rings is 3. The van der Waals surface area contributed by atoms with Gasteiger partial charge in [-0.3, -0.25) is 0 Å². The first-order valence-corrected chi connectivity index (χ1v) is 10.9. The van der Waals surface area contributed by atoms with E-state index in [1.54, 1.807) is 18.2 Å². The van der Waals surface area contributed by atoms with Crippen LogP contribution in [-0.2, 0) is 6.61 Å². The Morgan fingerprint density at radius 1 is 1.06 bits per heavy atom. The molecular formula is C23H20BrCl2N3O2. The summed E-state index contributed by atoms with van der Waals surface area (Å²) in [7, 11) is 0. The Balaban J connectivity index is 1.58. The molecule has 0 atom stereocenters. The summed E-state index contributed by atoms with van der Waals surface area (Å²) in [5.41, 5.74) is 6.89. The first-order valence-electron chi connectivity index (χ1n) is 9.35. The van der Waals surface area contributed by atoms with Crippen LogP contribution in [0.5, 0.6) is 5.75 Å². The zero-order chi connectivity index (χ0) is 22.4. The second-order valence-corrected chi connectivity index (χ2v) is 8.54. The lowest BCUT2D eigenvalue weighted by molar-refractivity contribution is 0.252. The smallest absolute Gasteiger partial charge is 0.339 e. The zero-order valence-corrected chi connectivity index (χ0v) is 20.0. The summed E-state index contributed by atoms with van der Waals surface area (Å²) in [5, 5.41) is 7.36. The van der Waals surface area contributed by atoms with Crippen molar-refractivity contribution in [2.75, 3.05) is 5.32 Å². The number of carbonyl (C=O) groups excluding carboxylic acids is 1. The highest BCUT2D eigenvalue weighted by atomic mass is 79.9. The highest BCUT2D eigenvalue weighted by molar-refractivity contribution is 9.10. The Morgan fingerprint density at radius 3 is 2.39 bits per heavy atom. The number of hydrogen-bond acceptors (Lipinski definition) is 3. The number of nitrogens with one attached hydrogen (secondary N) is 2. The molecule has 0 radical (unpaired) electrons. The van der Waals surface area contributed by atoms with E-state index in [-0.39, 0.29) is 0 Å². The summed E-state index contributed by atoms with van der Waals surface area (Å²) < 4.78 is 6.75. The third-order valence-corrected chi connectivity index (χ3v) is 5.77. The number of hydrazone groups is 1. The highest BCUT2D eigenvalue weighted by Crippen LogP contribution is 2.34. The zero-order valence-electron chi connectivity index (χ0n) is 16.9. The van der Waals surface area contributed by atoms with Gasteiger partial charge in [-0.05, 0) is 60.9 Å². The number of nitrogens with zero attached hydrogens (tertiary/aromatic N) is 1. The Kier molecular flexibility index (Phi) is 7.96. The van der Waals surface area contributed by atoms with E-state index in [4.69, 9.17) is 27.9 Å². The minimum atomic E-state index is -0.465. The molecule has 8 heteroatoms. The van der Waals surface area contributed by atoms with Crippen molar-refractivity contribution in [2.45, 2.75) is 20.5 Å². The molecule has 0 aliphatic heterocycles. The van der Waals surface area contributed by atoms with Crippen LogP contribution < -0.4 is 15.5 Å². The van der Waals surface area contributed by atoms with Gasteiger partial charge in [0.1, 0.15) is 6.61 Å². The van der Waals surface area contributed by atoms with Gasteiger partial charge in [-0.1, -0.05) is 69.0 Å². The maximum absolute atomic E-state index is 12.0. The largest absolute Gasteiger partial charge is 0.486 e. The van der Waals surface area contributed by atoms with Crippen LogP contribution in [0.25, 0.3) is 0 Å². The van der Waals surface area contributed by atoms with Crippen molar-refractivity contribution in [1.82, 2.24) is 5.43 Å². The maximum Gasteiger partial charge on any atom is 0.339 e. The molecule has 2 amide bonds. The van der Waals surface area contributed by atoms with Crippen LogP contribution in [0.2, 0.25) is 10.0 Å². The molecule has 0 spiro atoms. The number of anilines is 1. The molecule has 3 aromatic rings. The van der Waals surface area contributed by atoms with Gasteiger partial charge in [-0.15, -0.1) is 0 Å². The molecule has 0 unspecified atom stereocenters. The lowest BCUT2D eigenvalue weighted by Gasteiger charge is -2.11. The number of amides is 2. The molecular weight excluding hydrogens is 501 g/mol. The fourth-order valence-electron chi connectivity index (χ4n) is 2.68. The lowest BCUT2D eigenvalue weighted by atomic mass is 10.2. The van der Waals surface area contributed by atoms with Crippen molar-refractivity contribution in [1.29, 1.82) is 0 Å². The van der Waals surface area contributed by atoms with Crippen LogP contribution >= 0.6 is 39.1 Å². The topological polar surface area (TPSA) is 62.7 Å². The van der Waals surface area contributed by atoms with E-state index in [1.165, 1.54) is 11.8 Å². The van der Waals surface area contributed by atoms with Crippen molar-refractivity contribution >= 4 is 57.1 Å². The normalized spacial score (nSPS) is 10.9. The predicted molar refractivity (Wildman–Crippen MR) is 131 cm³/mol. The summed E-state index contributed by atoms with van der Waals surface area (Å²) in [5.74, 6) is 0.400. The minimum Gasteiger partial charge on any atom is -0.486 e. The summed E-state index contributed by atoms with van der Waals surface area (Å²) >= 11 is 16.1. The van der Waals surface area contributed by atoms with Crippen molar-refractivity contribution in [3.8, 4) is 5.75 Å². The van der Waals surface area contributed by atoms with E-state index in [0.717, 1.165) is 15.6 Å². The summed E-state index contributed by atoms with van der Waals surface area (Å²) in [6.45, 7) is 4.32. The Morgan fingerprint density at radius 2 is 1.74 bits per heavy atom. The van der Waals surface area contributed by atoms with Crippen LogP contribution in [-0.4, -0.2) is 12.2 Å². The predicted octanol–water partition coefficient (Wildman–Crippen LogP) is 7.11. The third kappa shape index (κ3) is 6.72. The summed E-state index contributed by atoms with van der Waals surface area (Å²) in [4.78, 5) is 12.0. The Labute approximate surface area is 199 Å². The van der Waals surface area contributed by atoms with Crippen molar-refractivity contribution < 1.29 is 9.53 Å². The molecule has 0 aliphatic rings. The summed E-state index contributed by atoms with van der Waals surface area (Å²) in [6.07, 6.45) is 1.45. The van der Waals surface area contributed by atoms with Crippen molar-refractivity contribution in [3.63, 3.8) is 0 Å². The average molecular weight is 521 g/mol. The fraction of sp³-hybridized carbons (Fsp3) is 0.130. The standard InChI is InChI=1S/C23H20BrCl2N3O2/c1-14-3-5-16(6-4-14)13-31-22-20(25)10-17(11-21(22)26)12-27-29-23(30)28-18-7-8-19(24)15(2)9-18/h3-12H,13H2,1-2H3,(H2,28,29,30)/b27-12+. The van der Waals surface area contributed by atoms with E-state index in [9.17, 15) is 4.79 Å². The van der Waals surface area contributed by atoms with Crippen molar-refractivity contribution in [2.24, 2.45) is 5.10 Å². The molecule has 0 aromatic heterocycles. The number of ether oxygens (including phenoxy) is 1. The molecule has 2 N–H and O–H groups in total. The molecule has 31 heavy (non-hydrogen) atoms. The number of carbonyl (C=O) groups is 1. The molecule has 160 valence electrons. The number of halogens is 3. The number of urea groups is 1. The highest BCUT2D eigenvalue weighted by Gasteiger charge is 2.10. The molecule has 0 fully saturated rings. The third-order valence-electron chi connectivity index (χ3n) is 4.32. The Hall–Kier alpha value is -2.54. The van der Waals surface area contributed by atoms with Gasteiger partial charge in [-0.25, -0.2) is 10.2 Å². The maximum atomic E-state index is 12.0. The van der Waals surface area contributed by atoms with E-state index < -0.39 is 6.03 Å². The van der Waals surface area contributed by atoms with Gasteiger partial charge in [0, 0.05) is 10.2 Å². The van der Waals surface area contributed by atoms with Gasteiger partial charge in [0.2, 0.25) is 0 Å². The van der Waals surface area contributed by atoms with Gasteiger partial charge >= 0.3 is 6.03 Å². The van der Waals surface area contributed by atoms with Gasteiger partial charge in [0.15, 0.2) is 5.75 Å². The first kappa shape index (κ1) is 23.1. The van der Waals surface area contributed by atoms with E-state index in [0.29, 0.717) is 33.7 Å². The number of hydrogen-bond donors (Lipinski definition) is 2. The monoisotopic (exact) mass is 519 g/mol. The second-order valence-electron chi connectivity index (χ2n) is 6.88. The van der Waals surface area contributed by atoms with Crippen LogP contribution in [0.4, 0.5) is 10.5 Å². The molecule has 0 heterocycles. The lowest BCUT2D eigenvalue weighted by Crippen LogP contribution is -2.24. The van der Waals surface area contributed by atoms with Crippen LogP contribution in [0.1, 0.15) is 22.3 Å². The molecule has 5 nitrogen and oxygen atoms in total. The second kappa shape index (κ2) is 10.7. The molecule has 0 bridgehead atoms. The van der Waals surface area contributed by atoms with Crippen LogP contribution in [0.15, 0.2) is 64.2 Å². The van der Waals surface area contributed by atoms with Crippen LogP contribution in [0.3, 0.4) is 0 Å². The van der Waals surface area contributed by atoms with Crippen molar-refractivity contribution in [3.05, 3.63) is 91.4 Å². The molecule has 0 saturated carbocycles. The Bertz CT molecular complexity index is 1100. The minimum absolute atomic E-state index is 0.352. The molecule has 3 rings (SSSR count). The SMILES string of the molecule is Cc1ccc(COc2c(Cl)cc(/C=N/NC(=O)Nc3ccc(Br)c(C)c3)cc2Cl)cc1. The average Bonchev–Trinajstić information content (AvgIpc) is 2.71. The van der Waals surface area contributed by atoms with Gasteiger partial charge in [0.05, 0.1) is 16.3 Å². The number of rotatable bonds is 6. The van der Waals surface area contributed by atoms with Gasteiger partial charge < -0.3 is 10.1 Å². The first-order chi connectivity index (χ1) is 14.8. The summed E-state index contributed by atoms with van der Waals surface area (Å²) in [6, 6.07) is 16.4. The fourth-order valence-corrected chi connectivity index (χ4v) is 3.54. The van der Waals surface area contributed by atoms with E-state index in [1.807, 2.05) is 50.2 Å². The molecule has 0 aliphatic carbocycles. The van der Waals surface area contributed by atoms with E-state index in [2.05, 4.69) is 31.8 Å². The van der Waals surface area contributed by atoms with Gasteiger partial charge in [-0.2, -0.15) is 5.10 Å². The molecule has 0 saturated heterocycles.